The number of ether oxygens (including phenoxy) is 1. The summed E-state index contributed by atoms with van der Waals surface area (Å²) in [4.78, 5) is 15.6. The lowest BCUT2D eigenvalue weighted by molar-refractivity contribution is -0.151. The van der Waals surface area contributed by atoms with Gasteiger partial charge >= 0.3 is 0 Å². The van der Waals surface area contributed by atoms with Gasteiger partial charge in [0.25, 0.3) is 0 Å². The van der Waals surface area contributed by atoms with Crippen LogP contribution in [0.1, 0.15) is 42.4 Å². The van der Waals surface area contributed by atoms with Crippen LogP contribution in [0.5, 0.6) is 0 Å². The summed E-state index contributed by atoms with van der Waals surface area (Å²) in [6.07, 6.45) is 3.45. The van der Waals surface area contributed by atoms with Gasteiger partial charge < -0.3 is 14.7 Å². The van der Waals surface area contributed by atoms with Crippen LogP contribution >= 0.6 is 0 Å². The SMILES string of the molecule is Cc1ccc(-c2ccccc2CC2(C(=O)N3CCC[C@H](O)C3)CCOCC2)c(C)c1. The summed E-state index contributed by atoms with van der Waals surface area (Å²) in [6, 6.07) is 15.1. The smallest absolute Gasteiger partial charge is 0.229 e. The van der Waals surface area contributed by atoms with E-state index in [1.807, 2.05) is 4.90 Å². The van der Waals surface area contributed by atoms with Gasteiger partial charge in [-0.15, -0.1) is 0 Å². The molecule has 4 nitrogen and oxygen atoms in total. The highest BCUT2D eigenvalue weighted by molar-refractivity contribution is 5.84. The topological polar surface area (TPSA) is 49.8 Å². The molecule has 0 aromatic heterocycles. The van der Waals surface area contributed by atoms with E-state index in [4.69, 9.17) is 4.74 Å². The van der Waals surface area contributed by atoms with Gasteiger partial charge in [-0.25, -0.2) is 0 Å². The molecular formula is C26H33NO3. The molecule has 2 fully saturated rings. The van der Waals surface area contributed by atoms with Crippen molar-refractivity contribution in [1.29, 1.82) is 0 Å². The van der Waals surface area contributed by atoms with Crippen molar-refractivity contribution in [2.45, 2.75) is 52.1 Å². The van der Waals surface area contributed by atoms with E-state index >= 15 is 0 Å². The molecule has 4 heteroatoms. The number of rotatable bonds is 4. The Morgan fingerprint density at radius 3 is 2.63 bits per heavy atom. The van der Waals surface area contributed by atoms with Gasteiger partial charge in [0.15, 0.2) is 0 Å². The maximum atomic E-state index is 13.7. The summed E-state index contributed by atoms with van der Waals surface area (Å²) in [6.45, 7) is 6.72. The summed E-state index contributed by atoms with van der Waals surface area (Å²) in [5.41, 5.74) is 5.73. The number of β-amino-alcohol motifs (C(OH)–C–C–N with tert-alkyl or cyclic N) is 1. The first-order valence-corrected chi connectivity index (χ1v) is 11.2. The van der Waals surface area contributed by atoms with Crippen LogP contribution in [0, 0.1) is 19.3 Å². The van der Waals surface area contributed by atoms with E-state index in [1.165, 1.54) is 27.8 Å². The summed E-state index contributed by atoms with van der Waals surface area (Å²) >= 11 is 0. The molecule has 2 aromatic rings. The number of hydrogen-bond acceptors (Lipinski definition) is 3. The molecule has 4 rings (SSSR count). The Balaban J connectivity index is 1.68. The molecule has 1 atom stereocenters. The van der Waals surface area contributed by atoms with Gasteiger partial charge in [-0.1, -0.05) is 48.0 Å². The predicted octanol–water partition coefficient (Wildman–Crippen LogP) is 4.29. The number of aryl methyl sites for hydroxylation is 2. The van der Waals surface area contributed by atoms with E-state index in [9.17, 15) is 9.90 Å². The first kappa shape index (κ1) is 21.1. The van der Waals surface area contributed by atoms with Gasteiger partial charge in [0.1, 0.15) is 0 Å². The van der Waals surface area contributed by atoms with Gasteiger partial charge in [0, 0.05) is 26.3 Å². The first-order chi connectivity index (χ1) is 14.5. The second-order valence-electron chi connectivity index (χ2n) is 9.09. The fourth-order valence-electron chi connectivity index (χ4n) is 5.12. The molecule has 160 valence electrons. The van der Waals surface area contributed by atoms with Crippen molar-refractivity contribution in [3.8, 4) is 11.1 Å². The largest absolute Gasteiger partial charge is 0.391 e. The van der Waals surface area contributed by atoms with Gasteiger partial charge in [-0.3, -0.25) is 4.79 Å². The van der Waals surface area contributed by atoms with Crippen molar-refractivity contribution >= 4 is 5.91 Å². The maximum absolute atomic E-state index is 13.7. The number of amides is 1. The van der Waals surface area contributed by atoms with Crippen LogP contribution in [0.2, 0.25) is 0 Å². The van der Waals surface area contributed by atoms with Gasteiger partial charge in [0.2, 0.25) is 5.91 Å². The molecule has 0 saturated carbocycles. The zero-order valence-electron chi connectivity index (χ0n) is 18.2. The van der Waals surface area contributed by atoms with Crippen molar-refractivity contribution in [3.63, 3.8) is 0 Å². The average molecular weight is 408 g/mol. The van der Waals surface area contributed by atoms with E-state index in [0.29, 0.717) is 26.2 Å². The Morgan fingerprint density at radius 2 is 1.90 bits per heavy atom. The fraction of sp³-hybridized carbons (Fsp3) is 0.500. The third kappa shape index (κ3) is 4.30. The third-order valence-corrected chi connectivity index (χ3v) is 6.81. The van der Waals surface area contributed by atoms with E-state index in [1.54, 1.807) is 0 Å². The number of nitrogens with zero attached hydrogens (tertiary/aromatic N) is 1. The standard InChI is InChI=1S/C26H33NO3/c1-19-9-10-23(20(2)16-19)24-8-4-3-6-21(24)17-26(11-14-30-15-12-26)25(29)27-13-5-7-22(28)18-27/h3-4,6,8-10,16,22,28H,5,7,11-15,17-18H2,1-2H3/t22-/m0/s1. The Kier molecular flexibility index (Phi) is 6.26. The number of hydrogen-bond donors (Lipinski definition) is 1. The predicted molar refractivity (Wildman–Crippen MR) is 119 cm³/mol. The summed E-state index contributed by atoms with van der Waals surface area (Å²) in [5.74, 6) is 0.194. The van der Waals surface area contributed by atoms with Crippen molar-refractivity contribution < 1.29 is 14.6 Å². The van der Waals surface area contributed by atoms with Crippen molar-refractivity contribution in [1.82, 2.24) is 4.90 Å². The van der Waals surface area contributed by atoms with E-state index in [0.717, 1.165) is 32.2 Å². The number of aliphatic hydroxyl groups is 1. The summed E-state index contributed by atoms with van der Waals surface area (Å²) in [5, 5.41) is 10.1. The Labute approximate surface area is 179 Å². The Hall–Kier alpha value is -2.17. The van der Waals surface area contributed by atoms with Crippen molar-refractivity contribution in [2.75, 3.05) is 26.3 Å². The number of carbonyl (C=O) groups is 1. The van der Waals surface area contributed by atoms with Crippen LogP contribution < -0.4 is 0 Å². The highest BCUT2D eigenvalue weighted by Crippen LogP contribution is 2.40. The first-order valence-electron chi connectivity index (χ1n) is 11.2. The molecule has 0 unspecified atom stereocenters. The minimum atomic E-state index is -0.454. The van der Waals surface area contributed by atoms with Crippen LogP contribution in [-0.2, 0) is 16.0 Å². The number of carbonyl (C=O) groups excluding carboxylic acids is 1. The molecule has 1 N–H and O–H groups in total. The van der Waals surface area contributed by atoms with Crippen molar-refractivity contribution in [2.24, 2.45) is 5.41 Å². The van der Waals surface area contributed by atoms with Crippen molar-refractivity contribution in [3.05, 3.63) is 59.2 Å². The lowest BCUT2D eigenvalue weighted by Gasteiger charge is -2.42. The zero-order chi connectivity index (χ0) is 21.1. The van der Waals surface area contributed by atoms with E-state index < -0.39 is 11.5 Å². The molecule has 0 spiro atoms. The number of likely N-dealkylation sites (tertiary alicyclic amines) is 1. The van der Waals surface area contributed by atoms with Gasteiger partial charge in [-0.05, 0) is 68.2 Å². The van der Waals surface area contributed by atoms with Gasteiger partial charge in [-0.2, -0.15) is 0 Å². The highest BCUT2D eigenvalue weighted by Gasteiger charge is 2.43. The number of piperidine rings is 1. The van der Waals surface area contributed by atoms with E-state index in [2.05, 4.69) is 56.3 Å². The Bertz CT molecular complexity index is 901. The lowest BCUT2D eigenvalue weighted by atomic mass is 9.72. The third-order valence-electron chi connectivity index (χ3n) is 6.81. The van der Waals surface area contributed by atoms with Crippen LogP contribution in [0.3, 0.4) is 0 Å². The molecule has 2 aliphatic rings. The number of aliphatic hydroxyl groups excluding tert-OH is 1. The van der Waals surface area contributed by atoms with Gasteiger partial charge in [0.05, 0.1) is 11.5 Å². The molecule has 0 bridgehead atoms. The Morgan fingerprint density at radius 1 is 1.13 bits per heavy atom. The van der Waals surface area contributed by atoms with Crippen LogP contribution in [-0.4, -0.2) is 48.3 Å². The van der Waals surface area contributed by atoms with Crippen LogP contribution in [0.15, 0.2) is 42.5 Å². The minimum absolute atomic E-state index is 0.194. The van der Waals surface area contributed by atoms with Crippen LogP contribution in [0.4, 0.5) is 0 Å². The molecule has 0 radical (unpaired) electrons. The van der Waals surface area contributed by atoms with E-state index in [-0.39, 0.29) is 5.91 Å². The molecule has 1 amide bonds. The summed E-state index contributed by atoms with van der Waals surface area (Å²) < 4.78 is 5.65. The maximum Gasteiger partial charge on any atom is 0.229 e. The quantitative estimate of drug-likeness (QED) is 0.822. The lowest BCUT2D eigenvalue weighted by Crippen LogP contribution is -2.52. The molecule has 0 aliphatic carbocycles. The summed E-state index contributed by atoms with van der Waals surface area (Å²) in [7, 11) is 0. The van der Waals surface area contributed by atoms with Crippen LogP contribution in [0.25, 0.3) is 11.1 Å². The number of benzene rings is 2. The monoisotopic (exact) mass is 407 g/mol. The average Bonchev–Trinajstić information content (AvgIpc) is 2.75. The molecule has 2 saturated heterocycles. The molecule has 2 aliphatic heterocycles. The fourth-order valence-corrected chi connectivity index (χ4v) is 5.12. The normalized spacial score (nSPS) is 21.4. The zero-order valence-corrected chi connectivity index (χ0v) is 18.2. The molecule has 2 aromatic carbocycles. The molecule has 2 heterocycles. The second-order valence-corrected chi connectivity index (χ2v) is 9.09. The molecule has 30 heavy (non-hydrogen) atoms. The molecular weight excluding hydrogens is 374 g/mol. The highest BCUT2D eigenvalue weighted by atomic mass is 16.5. The second kappa shape index (κ2) is 8.91. The minimum Gasteiger partial charge on any atom is -0.391 e.